The first-order chi connectivity index (χ1) is 8.78. The largest absolute Gasteiger partial charge is 0.380 e. The lowest BCUT2D eigenvalue weighted by Crippen LogP contribution is -2.47. The highest BCUT2D eigenvalue weighted by molar-refractivity contribution is 5.76. The van der Waals surface area contributed by atoms with E-state index in [-0.39, 0.29) is 12.5 Å². The molecule has 1 aromatic rings. The molecule has 3 rings (SSSR count). The number of rotatable bonds is 2. The molecule has 0 saturated carbocycles. The van der Waals surface area contributed by atoms with Crippen LogP contribution in [0, 0.1) is 0 Å². The lowest BCUT2D eigenvalue weighted by molar-refractivity contribution is -0.130. The zero-order valence-electron chi connectivity index (χ0n) is 10.1. The maximum Gasteiger partial charge on any atom is 0.257 e. The van der Waals surface area contributed by atoms with Crippen LogP contribution in [0.4, 0.5) is 5.69 Å². The van der Waals surface area contributed by atoms with Gasteiger partial charge in [0.1, 0.15) is 0 Å². The Morgan fingerprint density at radius 3 is 3.17 bits per heavy atom. The van der Waals surface area contributed by atoms with Gasteiger partial charge in [0.25, 0.3) is 5.91 Å². The molecular weight excluding hydrogens is 230 g/mol. The van der Waals surface area contributed by atoms with Crippen LogP contribution in [-0.2, 0) is 4.79 Å². The van der Waals surface area contributed by atoms with E-state index in [0.717, 1.165) is 19.5 Å². The van der Waals surface area contributed by atoms with E-state index >= 15 is 0 Å². The summed E-state index contributed by atoms with van der Waals surface area (Å²) in [6, 6.07) is 8.79. The molecule has 96 valence electrons. The van der Waals surface area contributed by atoms with Gasteiger partial charge >= 0.3 is 0 Å². The summed E-state index contributed by atoms with van der Waals surface area (Å²) in [5.41, 5.74) is 4.31. The average molecular weight is 247 g/mol. The lowest BCUT2D eigenvalue weighted by Gasteiger charge is -2.34. The van der Waals surface area contributed by atoms with Gasteiger partial charge in [0.05, 0.1) is 6.54 Å². The van der Waals surface area contributed by atoms with Crippen LogP contribution in [0.25, 0.3) is 0 Å². The fraction of sp³-hybridized carbons (Fsp3) is 0.462. The second-order valence-electron chi connectivity index (χ2n) is 5.00. The minimum absolute atomic E-state index is 0.262. The van der Waals surface area contributed by atoms with E-state index < -0.39 is 0 Å². The van der Waals surface area contributed by atoms with Crippen LogP contribution in [0.1, 0.15) is 17.9 Å². The standard InChI is InChI=1S/C13H17N3O2/c17-13(15-18)8-16-6-5-10-9-3-1-2-4-11(9)14-12(10)7-16/h1-4,10,12,14,18H,5-8H2,(H,15,17). The van der Waals surface area contributed by atoms with Gasteiger partial charge in [-0.05, 0) is 24.6 Å². The molecule has 2 unspecified atom stereocenters. The minimum Gasteiger partial charge on any atom is -0.380 e. The molecule has 1 fully saturated rings. The molecule has 18 heavy (non-hydrogen) atoms. The number of amides is 1. The van der Waals surface area contributed by atoms with Crippen molar-refractivity contribution in [3.8, 4) is 0 Å². The van der Waals surface area contributed by atoms with Crippen LogP contribution in [0.2, 0.25) is 0 Å². The van der Waals surface area contributed by atoms with Gasteiger partial charge in [-0.3, -0.25) is 14.9 Å². The van der Waals surface area contributed by atoms with Crippen LogP contribution in [0.15, 0.2) is 24.3 Å². The zero-order valence-corrected chi connectivity index (χ0v) is 10.1. The first-order valence-corrected chi connectivity index (χ1v) is 6.28. The minimum atomic E-state index is -0.344. The number of carbonyl (C=O) groups is 1. The Hall–Kier alpha value is -1.59. The maximum atomic E-state index is 11.2. The molecule has 1 saturated heterocycles. The monoisotopic (exact) mass is 247 g/mol. The number of hydrogen-bond acceptors (Lipinski definition) is 4. The molecule has 2 aliphatic rings. The number of nitrogens with one attached hydrogen (secondary N) is 2. The van der Waals surface area contributed by atoms with E-state index in [0.29, 0.717) is 12.0 Å². The summed E-state index contributed by atoms with van der Waals surface area (Å²) in [6.07, 6.45) is 1.05. The SMILES string of the molecule is O=C(CN1CCC2c3ccccc3NC2C1)NO. The molecule has 0 aliphatic carbocycles. The van der Waals surface area contributed by atoms with Gasteiger partial charge in [-0.15, -0.1) is 0 Å². The molecule has 1 amide bonds. The molecule has 0 bridgehead atoms. The van der Waals surface area contributed by atoms with Crippen LogP contribution in [-0.4, -0.2) is 41.7 Å². The Labute approximate surface area is 106 Å². The van der Waals surface area contributed by atoms with Gasteiger partial charge in [0, 0.05) is 24.2 Å². The van der Waals surface area contributed by atoms with Crippen molar-refractivity contribution in [2.45, 2.75) is 18.4 Å². The number of hydroxylamine groups is 1. The van der Waals surface area contributed by atoms with E-state index in [1.54, 1.807) is 5.48 Å². The summed E-state index contributed by atoms with van der Waals surface area (Å²) in [4.78, 5) is 13.2. The van der Waals surface area contributed by atoms with E-state index in [2.05, 4.69) is 28.4 Å². The van der Waals surface area contributed by atoms with Crippen molar-refractivity contribution >= 4 is 11.6 Å². The van der Waals surface area contributed by atoms with Crippen molar-refractivity contribution in [2.24, 2.45) is 0 Å². The predicted molar refractivity (Wildman–Crippen MR) is 67.6 cm³/mol. The van der Waals surface area contributed by atoms with Gasteiger partial charge in [-0.2, -0.15) is 0 Å². The summed E-state index contributed by atoms with van der Waals surface area (Å²) < 4.78 is 0. The van der Waals surface area contributed by atoms with Gasteiger partial charge in [-0.1, -0.05) is 18.2 Å². The number of benzene rings is 1. The first-order valence-electron chi connectivity index (χ1n) is 6.28. The highest BCUT2D eigenvalue weighted by Gasteiger charge is 2.36. The molecule has 0 aromatic heterocycles. The highest BCUT2D eigenvalue weighted by atomic mass is 16.5. The third-order valence-electron chi connectivity index (χ3n) is 3.89. The lowest BCUT2D eigenvalue weighted by atomic mass is 9.88. The molecule has 1 aromatic carbocycles. The van der Waals surface area contributed by atoms with E-state index in [1.165, 1.54) is 11.3 Å². The molecule has 0 radical (unpaired) electrons. The molecular formula is C13H17N3O2. The number of nitrogens with zero attached hydrogens (tertiary/aromatic N) is 1. The number of para-hydroxylation sites is 1. The number of anilines is 1. The molecule has 5 heteroatoms. The molecule has 2 heterocycles. The second kappa shape index (κ2) is 4.59. The van der Waals surface area contributed by atoms with Crippen molar-refractivity contribution in [3.63, 3.8) is 0 Å². The highest BCUT2D eigenvalue weighted by Crippen LogP contribution is 2.40. The van der Waals surface area contributed by atoms with Gasteiger partial charge in [0.15, 0.2) is 0 Å². The zero-order chi connectivity index (χ0) is 12.5. The first kappa shape index (κ1) is 11.5. The molecule has 2 aliphatic heterocycles. The summed E-state index contributed by atoms with van der Waals surface area (Å²) >= 11 is 0. The third-order valence-corrected chi connectivity index (χ3v) is 3.89. The van der Waals surface area contributed by atoms with Crippen molar-refractivity contribution in [1.29, 1.82) is 0 Å². The predicted octanol–water partition coefficient (Wildman–Crippen LogP) is 0.775. The second-order valence-corrected chi connectivity index (χ2v) is 5.00. The number of fused-ring (bicyclic) bond motifs is 3. The Kier molecular flexibility index (Phi) is 2.93. The molecule has 2 atom stereocenters. The van der Waals surface area contributed by atoms with Gasteiger partial charge in [0.2, 0.25) is 0 Å². The number of likely N-dealkylation sites (tertiary alicyclic amines) is 1. The Morgan fingerprint density at radius 2 is 2.33 bits per heavy atom. The topological polar surface area (TPSA) is 64.6 Å². The fourth-order valence-electron chi connectivity index (χ4n) is 3.07. The Bertz CT molecular complexity index is 463. The number of piperidine rings is 1. The summed E-state index contributed by atoms with van der Waals surface area (Å²) in [5.74, 6) is 0.207. The van der Waals surface area contributed by atoms with Crippen molar-refractivity contribution in [1.82, 2.24) is 10.4 Å². The van der Waals surface area contributed by atoms with Crippen molar-refractivity contribution < 1.29 is 10.0 Å². The van der Waals surface area contributed by atoms with Crippen LogP contribution < -0.4 is 10.8 Å². The van der Waals surface area contributed by atoms with Crippen LogP contribution >= 0.6 is 0 Å². The Balaban J connectivity index is 1.69. The van der Waals surface area contributed by atoms with Gasteiger partial charge < -0.3 is 5.32 Å². The quantitative estimate of drug-likeness (QED) is 0.533. The summed E-state index contributed by atoms with van der Waals surface area (Å²) in [6.45, 7) is 2.00. The average Bonchev–Trinajstić information content (AvgIpc) is 2.76. The number of carbonyl (C=O) groups excluding carboxylic acids is 1. The number of hydrogen-bond donors (Lipinski definition) is 3. The van der Waals surface area contributed by atoms with E-state index in [9.17, 15) is 4.79 Å². The van der Waals surface area contributed by atoms with Gasteiger partial charge in [-0.25, -0.2) is 5.48 Å². The summed E-state index contributed by atoms with van der Waals surface area (Å²) in [5, 5.41) is 12.1. The fourth-order valence-corrected chi connectivity index (χ4v) is 3.07. The van der Waals surface area contributed by atoms with E-state index in [4.69, 9.17) is 5.21 Å². The van der Waals surface area contributed by atoms with Crippen LogP contribution in [0.3, 0.4) is 0 Å². The Morgan fingerprint density at radius 1 is 1.50 bits per heavy atom. The maximum absolute atomic E-state index is 11.2. The van der Waals surface area contributed by atoms with E-state index in [1.807, 2.05) is 6.07 Å². The van der Waals surface area contributed by atoms with Crippen molar-refractivity contribution in [2.75, 3.05) is 25.0 Å². The normalized spacial score (nSPS) is 26.1. The molecule has 0 spiro atoms. The molecule has 3 N–H and O–H groups in total. The summed E-state index contributed by atoms with van der Waals surface area (Å²) in [7, 11) is 0. The van der Waals surface area contributed by atoms with Crippen LogP contribution in [0.5, 0.6) is 0 Å². The third kappa shape index (κ3) is 1.95. The van der Waals surface area contributed by atoms with Crippen molar-refractivity contribution in [3.05, 3.63) is 29.8 Å². The molecule has 5 nitrogen and oxygen atoms in total. The smallest absolute Gasteiger partial charge is 0.257 e.